The Morgan fingerprint density at radius 3 is 2.50 bits per heavy atom. The van der Waals surface area contributed by atoms with Gasteiger partial charge in [-0.25, -0.2) is 4.99 Å². The minimum absolute atomic E-state index is 0. The smallest absolute Gasteiger partial charge is 0.189 e. The van der Waals surface area contributed by atoms with Crippen LogP contribution in [-0.4, -0.2) is 24.7 Å². The normalized spacial score (nSPS) is 15.8. The number of guanidine groups is 1. The third-order valence-electron chi connectivity index (χ3n) is 3.76. The van der Waals surface area contributed by atoms with Crippen LogP contribution in [0, 0.1) is 0 Å². The van der Waals surface area contributed by atoms with Crippen molar-refractivity contribution >= 4 is 29.9 Å². The van der Waals surface area contributed by atoms with Crippen LogP contribution in [0.2, 0.25) is 0 Å². The number of halogens is 1. The molecule has 1 aliphatic rings. The van der Waals surface area contributed by atoms with Gasteiger partial charge in [0.1, 0.15) is 0 Å². The molecule has 0 spiro atoms. The first kappa shape index (κ1) is 20.9. The Bertz CT molecular complexity index is 550. The van der Waals surface area contributed by atoms with E-state index in [4.69, 9.17) is 15.2 Å². The van der Waals surface area contributed by atoms with Gasteiger partial charge in [0, 0.05) is 5.54 Å². The summed E-state index contributed by atoms with van der Waals surface area (Å²) in [5, 5.41) is 3.15. The Morgan fingerprint density at radius 1 is 1.25 bits per heavy atom. The maximum atomic E-state index is 6.05. The van der Waals surface area contributed by atoms with Gasteiger partial charge in [-0.3, -0.25) is 0 Å². The standard InChI is InChI=1S/C18H29N3O2.HI/c1-18(2,3)21-17(19)20-12-13-9-10-15(16(11-13)22-4)23-14-7-5-6-8-14;/h9-11,14H,5-8,12H2,1-4H3,(H3,19,20,21);1H. The molecule has 1 aliphatic carbocycles. The van der Waals surface area contributed by atoms with Crippen LogP contribution in [0.15, 0.2) is 23.2 Å². The number of hydrogen-bond donors (Lipinski definition) is 2. The quantitative estimate of drug-likeness (QED) is 0.409. The zero-order chi connectivity index (χ0) is 16.9. The van der Waals surface area contributed by atoms with Crippen molar-refractivity contribution in [1.29, 1.82) is 0 Å². The van der Waals surface area contributed by atoms with Crippen molar-refractivity contribution in [1.82, 2.24) is 5.32 Å². The molecule has 3 N–H and O–H groups in total. The minimum Gasteiger partial charge on any atom is -0.493 e. The molecule has 1 fully saturated rings. The lowest BCUT2D eigenvalue weighted by Gasteiger charge is -2.21. The summed E-state index contributed by atoms with van der Waals surface area (Å²) in [7, 11) is 1.67. The predicted octanol–water partition coefficient (Wildman–Crippen LogP) is 3.84. The first-order valence-electron chi connectivity index (χ1n) is 8.29. The third kappa shape index (κ3) is 6.75. The van der Waals surface area contributed by atoms with Gasteiger partial charge < -0.3 is 20.5 Å². The Kier molecular flexibility index (Phi) is 8.12. The summed E-state index contributed by atoms with van der Waals surface area (Å²) in [4.78, 5) is 4.38. The van der Waals surface area contributed by atoms with E-state index in [9.17, 15) is 0 Å². The molecule has 0 aromatic heterocycles. The Hall–Kier alpha value is -1.18. The van der Waals surface area contributed by atoms with E-state index in [1.807, 2.05) is 39.0 Å². The average molecular weight is 447 g/mol. The van der Waals surface area contributed by atoms with Gasteiger partial charge in [-0.15, -0.1) is 24.0 Å². The molecular formula is C18H30IN3O2. The third-order valence-corrected chi connectivity index (χ3v) is 3.76. The van der Waals surface area contributed by atoms with Gasteiger partial charge in [0.2, 0.25) is 0 Å². The molecule has 0 saturated heterocycles. The monoisotopic (exact) mass is 447 g/mol. The highest BCUT2D eigenvalue weighted by Gasteiger charge is 2.18. The second kappa shape index (κ2) is 9.34. The van der Waals surface area contributed by atoms with Crippen molar-refractivity contribution in [3.05, 3.63) is 23.8 Å². The highest BCUT2D eigenvalue weighted by molar-refractivity contribution is 14.0. The summed E-state index contributed by atoms with van der Waals surface area (Å²) < 4.78 is 11.5. The fraction of sp³-hybridized carbons (Fsp3) is 0.611. The number of rotatable bonds is 5. The van der Waals surface area contributed by atoms with E-state index < -0.39 is 0 Å². The number of nitrogens with two attached hydrogens (primary N) is 1. The van der Waals surface area contributed by atoms with Gasteiger partial charge >= 0.3 is 0 Å². The van der Waals surface area contributed by atoms with Crippen LogP contribution in [0.1, 0.15) is 52.0 Å². The summed E-state index contributed by atoms with van der Waals surface area (Å²) in [5.74, 6) is 2.02. The van der Waals surface area contributed by atoms with Gasteiger partial charge in [0.05, 0.1) is 19.8 Å². The van der Waals surface area contributed by atoms with Gasteiger partial charge in [0.15, 0.2) is 17.5 Å². The molecule has 136 valence electrons. The Balaban J connectivity index is 0.00000288. The maximum Gasteiger partial charge on any atom is 0.189 e. The van der Waals surface area contributed by atoms with Gasteiger partial charge in [-0.2, -0.15) is 0 Å². The van der Waals surface area contributed by atoms with E-state index in [1.54, 1.807) is 7.11 Å². The Labute approximate surface area is 162 Å². The summed E-state index contributed by atoms with van der Waals surface area (Å²) in [6.07, 6.45) is 5.08. The molecule has 5 nitrogen and oxygen atoms in total. The number of methoxy groups -OCH3 is 1. The fourth-order valence-corrected chi connectivity index (χ4v) is 2.69. The number of nitrogens with zero attached hydrogens (tertiary/aromatic N) is 1. The number of ether oxygens (including phenoxy) is 2. The number of nitrogens with one attached hydrogen (secondary N) is 1. The molecule has 0 amide bonds. The van der Waals surface area contributed by atoms with Crippen LogP contribution in [0.4, 0.5) is 0 Å². The van der Waals surface area contributed by atoms with E-state index in [1.165, 1.54) is 12.8 Å². The van der Waals surface area contributed by atoms with E-state index in [0.717, 1.165) is 29.9 Å². The maximum absolute atomic E-state index is 6.05. The molecule has 1 saturated carbocycles. The average Bonchev–Trinajstić information content (AvgIpc) is 2.97. The first-order chi connectivity index (χ1) is 10.9. The van der Waals surface area contributed by atoms with E-state index >= 15 is 0 Å². The summed E-state index contributed by atoms with van der Waals surface area (Å²) in [6, 6.07) is 5.95. The van der Waals surface area contributed by atoms with Crippen molar-refractivity contribution in [2.75, 3.05) is 7.11 Å². The zero-order valence-electron chi connectivity index (χ0n) is 15.1. The molecule has 2 rings (SSSR count). The van der Waals surface area contributed by atoms with Crippen molar-refractivity contribution in [2.24, 2.45) is 10.7 Å². The van der Waals surface area contributed by atoms with Crippen molar-refractivity contribution in [2.45, 2.75) is 64.6 Å². The largest absolute Gasteiger partial charge is 0.493 e. The van der Waals surface area contributed by atoms with Crippen LogP contribution < -0.4 is 20.5 Å². The highest BCUT2D eigenvalue weighted by atomic mass is 127. The summed E-state index contributed by atoms with van der Waals surface area (Å²) >= 11 is 0. The second-order valence-electron chi connectivity index (χ2n) is 7.09. The fourth-order valence-electron chi connectivity index (χ4n) is 2.69. The topological polar surface area (TPSA) is 68.9 Å². The van der Waals surface area contributed by atoms with Gasteiger partial charge in [0.25, 0.3) is 0 Å². The molecule has 6 heteroatoms. The minimum atomic E-state index is -0.0930. The Morgan fingerprint density at radius 2 is 1.92 bits per heavy atom. The van der Waals surface area contributed by atoms with Crippen LogP contribution in [0.25, 0.3) is 0 Å². The van der Waals surface area contributed by atoms with E-state index in [2.05, 4.69) is 10.3 Å². The summed E-state index contributed by atoms with van der Waals surface area (Å²) in [5.41, 5.74) is 6.85. The van der Waals surface area contributed by atoms with Gasteiger partial charge in [-0.05, 0) is 64.2 Å². The molecule has 0 atom stereocenters. The molecule has 1 aromatic carbocycles. The van der Waals surface area contributed by atoms with Crippen LogP contribution in [0.5, 0.6) is 11.5 Å². The van der Waals surface area contributed by atoms with Crippen LogP contribution in [0.3, 0.4) is 0 Å². The lowest BCUT2D eigenvalue weighted by molar-refractivity contribution is 0.200. The van der Waals surface area contributed by atoms with E-state index in [0.29, 0.717) is 18.6 Å². The van der Waals surface area contributed by atoms with Crippen molar-refractivity contribution < 1.29 is 9.47 Å². The lowest BCUT2D eigenvalue weighted by Crippen LogP contribution is -2.44. The molecule has 24 heavy (non-hydrogen) atoms. The number of benzene rings is 1. The molecule has 0 bridgehead atoms. The SMILES string of the molecule is COc1cc(CN=C(N)NC(C)(C)C)ccc1OC1CCCC1.I. The van der Waals surface area contributed by atoms with Crippen LogP contribution >= 0.6 is 24.0 Å². The second-order valence-corrected chi connectivity index (χ2v) is 7.09. The summed E-state index contributed by atoms with van der Waals surface area (Å²) in [6.45, 7) is 6.66. The lowest BCUT2D eigenvalue weighted by atomic mass is 10.1. The zero-order valence-corrected chi connectivity index (χ0v) is 17.4. The molecular weight excluding hydrogens is 417 g/mol. The number of hydrogen-bond acceptors (Lipinski definition) is 3. The number of aliphatic imine (C=N–C) groups is 1. The van der Waals surface area contributed by atoms with Crippen LogP contribution in [-0.2, 0) is 6.54 Å². The molecule has 0 unspecified atom stereocenters. The van der Waals surface area contributed by atoms with E-state index in [-0.39, 0.29) is 29.5 Å². The molecule has 0 heterocycles. The van der Waals surface area contributed by atoms with Crippen molar-refractivity contribution in [3.8, 4) is 11.5 Å². The molecule has 0 aliphatic heterocycles. The predicted molar refractivity (Wildman–Crippen MR) is 110 cm³/mol. The first-order valence-corrected chi connectivity index (χ1v) is 8.29. The highest BCUT2D eigenvalue weighted by Crippen LogP contribution is 2.32. The molecule has 1 aromatic rings. The van der Waals surface area contributed by atoms with Crippen molar-refractivity contribution in [3.63, 3.8) is 0 Å². The van der Waals surface area contributed by atoms with Gasteiger partial charge in [-0.1, -0.05) is 6.07 Å². The molecule has 0 radical (unpaired) electrons.